The maximum Gasteiger partial charge on any atom is 0.326 e. The van der Waals surface area contributed by atoms with Crippen LogP contribution in [0.25, 0.3) is 0 Å². The van der Waals surface area contributed by atoms with E-state index in [-0.39, 0.29) is 23.6 Å². The Labute approximate surface area is 175 Å². The molecule has 3 rings (SSSR count). The number of phenolic OH excluding ortho intramolecular Hbond substituents is 1. The van der Waals surface area contributed by atoms with Crippen molar-refractivity contribution in [3.63, 3.8) is 0 Å². The zero-order valence-electron chi connectivity index (χ0n) is 16.5. The number of sulfonamides is 1. The largest absolute Gasteiger partial charge is 0.508 e. The smallest absolute Gasteiger partial charge is 0.326 e. The van der Waals surface area contributed by atoms with Crippen molar-refractivity contribution >= 4 is 21.9 Å². The van der Waals surface area contributed by atoms with Gasteiger partial charge in [0.25, 0.3) is 0 Å². The van der Waals surface area contributed by atoms with E-state index < -0.39 is 34.0 Å². The number of nitrogens with zero attached hydrogens (tertiary/aromatic N) is 1. The summed E-state index contributed by atoms with van der Waals surface area (Å²) in [7, 11) is -3.87. The first kappa shape index (κ1) is 21.8. The lowest BCUT2D eigenvalue weighted by molar-refractivity contribution is -0.142. The van der Waals surface area contributed by atoms with E-state index in [9.17, 15) is 28.2 Å². The summed E-state index contributed by atoms with van der Waals surface area (Å²) in [4.78, 5) is 24.6. The van der Waals surface area contributed by atoms with Gasteiger partial charge in [-0.1, -0.05) is 29.8 Å². The molecule has 1 saturated heterocycles. The zero-order chi connectivity index (χ0) is 21.9. The molecule has 0 saturated carbocycles. The Balaban J connectivity index is 1.76. The topological polar surface area (TPSA) is 124 Å². The highest BCUT2D eigenvalue weighted by Crippen LogP contribution is 2.26. The fourth-order valence-corrected chi connectivity index (χ4v) is 5.13. The molecule has 0 radical (unpaired) electrons. The molecule has 3 N–H and O–H groups in total. The SMILES string of the molecule is Cc1ccc(S(=O)(=O)N2CCC[C@H]2C(=O)N[C@@H](Cc2ccc(O)cc2)C(=O)O)cc1. The molecule has 160 valence electrons. The fourth-order valence-electron chi connectivity index (χ4n) is 3.47. The second-order valence-corrected chi connectivity index (χ2v) is 9.25. The molecular formula is C21H24N2O6S. The highest BCUT2D eigenvalue weighted by Gasteiger charge is 2.40. The van der Waals surface area contributed by atoms with Crippen LogP contribution in [0, 0.1) is 6.92 Å². The number of hydrogen-bond acceptors (Lipinski definition) is 5. The Morgan fingerprint density at radius 2 is 1.77 bits per heavy atom. The van der Waals surface area contributed by atoms with Gasteiger partial charge in [0.1, 0.15) is 17.8 Å². The lowest BCUT2D eigenvalue weighted by Gasteiger charge is -2.25. The third-order valence-electron chi connectivity index (χ3n) is 5.12. The summed E-state index contributed by atoms with van der Waals surface area (Å²) < 4.78 is 27.2. The second kappa shape index (κ2) is 8.85. The second-order valence-electron chi connectivity index (χ2n) is 7.36. The van der Waals surface area contributed by atoms with Gasteiger partial charge in [-0.2, -0.15) is 4.31 Å². The lowest BCUT2D eigenvalue weighted by Crippen LogP contribution is -2.51. The van der Waals surface area contributed by atoms with Crippen LogP contribution in [0.2, 0.25) is 0 Å². The minimum atomic E-state index is -3.87. The molecule has 1 amide bonds. The van der Waals surface area contributed by atoms with Crippen LogP contribution in [0.5, 0.6) is 5.75 Å². The molecule has 1 heterocycles. The van der Waals surface area contributed by atoms with Gasteiger partial charge in [0, 0.05) is 13.0 Å². The minimum Gasteiger partial charge on any atom is -0.508 e. The molecule has 30 heavy (non-hydrogen) atoms. The number of amides is 1. The quantitative estimate of drug-likeness (QED) is 0.611. The summed E-state index contributed by atoms with van der Waals surface area (Å²) in [5.74, 6) is -1.80. The van der Waals surface area contributed by atoms with Crippen LogP contribution in [0.3, 0.4) is 0 Å². The molecule has 2 atom stereocenters. The van der Waals surface area contributed by atoms with Crippen molar-refractivity contribution < 1.29 is 28.2 Å². The number of aromatic hydroxyl groups is 1. The molecule has 2 aromatic rings. The van der Waals surface area contributed by atoms with Gasteiger partial charge in [-0.15, -0.1) is 0 Å². The third kappa shape index (κ3) is 4.80. The van der Waals surface area contributed by atoms with Crippen LogP contribution < -0.4 is 5.32 Å². The van der Waals surface area contributed by atoms with Crippen LogP contribution in [0.4, 0.5) is 0 Å². The van der Waals surface area contributed by atoms with E-state index in [4.69, 9.17) is 0 Å². The van der Waals surface area contributed by atoms with E-state index in [0.29, 0.717) is 18.4 Å². The first-order chi connectivity index (χ1) is 14.2. The van der Waals surface area contributed by atoms with Gasteiger partial charge in [-0.25, -0.2) is 13.2 Å². The molecule has 2 aromatic carbocycles. The fraction of sp³-hybridized carbons (Fsp3) is 0.333. The number of nitrogens with one attached hydrogen (secondary N) is 1. The molecule has 9 heteroatoms. The Hall–Kier alpha value is -2.91. The minimum absolute atomic E-state index is 0.0127. The van der Waals surface area contributed by atoms with Crippen molar-refractivity contribution in [2.45, 2.75) is 43.2 Å². The summed E-state index contributed by atoms with van der Waals surface area (Å²) in [5, 5.41) is 21.3. The molecule has 1 aliphatic heterocycles. The first-order valence-electron chi connectivity index (χ1n) is 9.58. The number of carbonyl (C=O) groups excluding carboxylic acids is 1. The van der Waals surface area contributed by atoms with Crippen LogP contribution >= 0.6 is 0 Å². The average Bonchev–Trinajstić information content (AvgIpc) is 3.20. The number of carboxylic acids is 1. The van der Waals surface area contributed by atoms with Gasteiger partial charge in [0.2, 0.25) is 15.9 Å². The monoisotopic (exact) mass is 432 g/mol. The zero-order valence-corrected chi connectivity index (χ0v) is 17.3. The van der Waals surface area contributed by atoms with Gasteiger partial charge >= 0.3 is 5.97 Å². The molecule has 0 bridgehead atoms. The van der Waals surface area contributed by atoms with Crippen molar-refractivity contribution in [1.82, 2.24) is 9.62 Å². The van der Waals surface area contributed by atoms with Gasteiger partial charge in [0.05, 0.1) is 4.90 Å². The molecule has 0 spiro atoms. The predicted molar refractivity (Wildman–Crippen MR) is 109 cm³/mol. The van der Waals surface area contributed by atoms with Crippen molar-refractivity contribution in [3.8, 4) is 5.75 Å². The summed E-state index contributed by atoms with van der Waals surface area (Å²) in [6.07, 6.45) is 0.847. The Bertz CT molecular complexity index is 1020. The number of carboxylic acid groups (broad SMARTS) is 1. The number of phenols is 1. The van der Waals surface area contributed by atoms with Crippen molar-refractivity contribution in [2.75, 3.05) is 6.54 Å². The molecule has 1 fully saturated rings. The van der Waals surface area contributed by atoms with E-state index in [1.165, 1.54) is 24.3 Å². The standard InChI is InChI=1S/C21H24N2O6S/c1-14-4-10-17(11-5-14)30(28,29)23-12-2-3-19(23)20(25)22-18(21(26)27)13-15-6-8-16(24)9-7-15/h4-11,18-19,24H,2-3,12-13H2,1H3,(H,22,25)(H,26,27)/t18-,19-/m0/s1. The highest BCUT2D eigenvalue weighted by molar-refractivity contribution is 7.89. The maximum atomic E-state index is 13.0. The molecular weight excluding hydrogens is 408 g/mol. The molecule has 8 nitrogen and oxygen atoms in total. The predicted octanol–water partition coefficient (Wildman–Crippen LogP) is 1.67. The van der Waals surface area contributed by atoms with E-state index in [1.807, 2.05) is 6.92 Å². The lowest BCUT2D eigenvalue weighted by atomic mass is 10.1. The van der Waals surface area contributed by atoms with E-state index in [0.717, 1.165) is 9.87 Å². The summed E-state index contributed by atoms with van der Waals surface area (Å²) in [5.41, 5.74) is 1.54. The molecule has 0 aliphatic carbocycles. The number of hydrogen-bond donors (Lipinski definition) is 3. The number of rotatable bonds is 7. The average molecular weight is 432 g/mol. The van der Waals surface area contributed by atoms with Crippen molar-refractivity contribution in [1.29, 1.82) is 0 Å². The first-order valence-corrected chi connectivity index (χ1v) is 11.0. The van der Waals surface area contributed by atoms with Crippen LogP contribution in [-0.2, 0) is 26.0 Å². The highest BCUT2D eigenvalue weighted by atomic mass is 32.2. The third-order valence-corrected chi connectivity index (χ3v) is 7.05. The number of aliphatic carboxylic acids is 1. The Kier molecular flexibility index (Phi) is 6.42. The number of benzene rings is 2. The summed E-state index contributed by atoms with van der Waals surface area (Å²) in [6, 6.07) is 10.2. The molecule has 1 aliphatic rings. The Morgan fingerprint density at radius 1 is 1.13 bits per heavy atom. The van der Waals surface area contributed by atoms with Crippen LogP contribution in [0.15, 0.2) is 53.4 Å². The summed E-state index contributed by atoms with van der Waals surface area (Å²) in [6.45, 7) is 2.05. The number of carbonyl (C=O) groups is 2. The van der Waals surface area contributed by atoms with Gasteiger partial charge in [-0.3, -0.25) is 4.79 Å². The van der Waals surface area contributed by atoms with Gasteiger partial charge in [0.15, 0.2) is 0 Å². The van der Waals surface area contributed by atoms with Crippen LogP contribution in [0.1, 0.15) is 24.0 Å². The molecule has 0 unspecified atom stereocenters. The normalized spacial score (nSPS) is 18.1. The van der Waals surface area contributed by atoms with Gasteiger partial charge < -0.3 is 15.5 Å². The van der Waals surface area contributed by atoms with Crippen molar-refractivity contribution in [2.24, 2.45) is 0 Å². The van der Waals surface area contributed by atoms with Crippen molar-refractivity contribution in [3.05, 3.63) is 59.7 Å². The maximum absolute atomic E-state index is 13.0. The Morgan fingerprint density at radius 3 is 2.37 bits per heavy atom. The van der Waals surface area contributed by atoms with E-state index in [1.54, 1.807) is 24.3 Å². The summed E-state index contributed by atoms with van der Waals surface area (Å²) >= 11 is 0. The number of aryl methyl sites for hydroxylation is 1. The van der Waals surface area contributed by atoms with Crippen LogP contribution in [-0.4, -0.2) is 53.4 Å². The molecule has 0 aromatic heterocycles. The van der Waals surface area contributed by atoms with Gasteiger partial charge in [-0.05, 0) is 49.6 Å². The van der Waals surface area contributed by atoms with E-state index in [2.05, 4.69) is 5.32 Å². The van der Waals surface area contributed by atoms with E-state index >= 15 is 0 Å².